The van der Waals surface area contributed by atoms with Crippen molar-refractivity contribution >= 4 is 5.91 Å². The fourth-order valence-electron chi connectivity index (χ4n) is 3.81. The van der Waals surface area contributed by atoms with Gasteiger partial charge in [0.2, 0.25) is 5.91 Å². The minimum atomic E-state index is -0.164. The van der Waals surface area contributed by atoms with E-state index in [1.54, 1.807) is 0 Å². The molecule has 0 unspecified atom stereocenters. The Bertz CT molecular complexity index is 326. The first-order chi connectivity index (χ1) is 9.16. The van der Waals surface area contributed by atoms with Crippen molar-refractivity contribution in [3.63, 3.8) is 0 Å². The van der Waals surface area contributed by atoms with Crippen LogP contribution >= 0.6 is 0 Å². The zero-order valence-electron chi connectivity index (χ0n) is 11.9. The van der Waals surface area contributed by atoms with Crippen LogP contribution in [0.3, 0.4) is 0 Å². The molecule has 1 amide bonds. The van der Waals surface area contributed by atoms with E-state index in [1.807, 2.05) is 0 Å². The van der Waals surface area contributed by atoms with Crippen LogP contribution in [0.5, 0.6) is 0 Å². The van der Waals surface area contributed by atoms with E-state index in [9.17, 15) is 4.79 Å². The van der Waals surface area contributed by atoms with Crippen molar-refractivity contribution in [2.75, 3.05) is 26.2 Å². The van der Waals surface area contributed by atoms with Crippen LogP contribution in [-0.2, 0) is 4.79 Å². The quantitative estimate of drug-likeness (QED) is 0.838. The maximum atomic E-state index is 12.3. The third-order valence-corrected chi connectivity index (χ3v) is 5.33. The summed E-state index contributed by atoms with van der Waals surface area (Å²) in [6.07, 6.45) is 8.85. The van der Waals surface area contributed by atoms with Crippen molar-refractivity contribution in [1.29, 1.82) is 0 Å². The van der Waals surface area contributed by atoms with Gasteiger partial charge in [-0.05, 0) is 58.0 Å². The van der Waals surface area contributed by atoms with Gasteiger partial charge >= 0.3 is 0 Å². The van der Waals surface area contributed by atoms with E-state index in [0.717, 1.165) is 44.8 Å². The minimum absolute atomic E-state index is 0.164. The lowest BCUT2D eigenvalue weighted by atomic mass is 9.75. The maximum Gasteiger partial charge on any atom is 0.224 e. The Morgan fingerprint density at radius 3 is 2.21 bits per heavy atom. The molecule has 3 aliphatic rings. The molecule has 4 heteroatoms. The van der Waals surface area contributed by atoms with Crippen molar-refractivity contribution in [3.05, 3.63) is 0 Å². The van der Waals surface area contributed by atoms with Crippen LogP contribution in [0.4, 0.5) is 0 Å². The summed E-state index contributed by atoms with van der Waals surface area (Å²) in [5, 5.41) is 0. The Hall–Kier alpha value is -0.610. The molecule has 1 saturated carbocycles. The topological polar surface area (TPSA) is 49.6 Å². The van der Waals surface area contributed by atoms with Crippen LogP contribution in [0.25, 0.3) is 0 Å². The summed E-state index contributed by atoms with van der Waals surface area (Å²) in [6.45, 7) is 4.42. The molecule has 1 aliphatic carbocycles. The van der Waals surface area contributed by atoms with Crippen LogP contribution in [0.2, 0.25) is 0 Å². The molecule has 2 saturated heterocycles. The number of nitrogens with zero attached hydrogens (tertiary/aromatic N) is 2. The summed E-state index contributed by atoms with van der Waals surface area (Å²) in [6, 6.07) is 0.724. The highest BCUT2D eigenvalue weighted by atomic mass is 16.2. The average molecular weight is 265 g/mol. The lowest BCUT2D eigenvalue weighted by Crippen LogP contribution is -2.52. The summed E-state index contributed by atoms with van der Waals surface area (Å²) in [4.78, 5) is 16.9. The molecule has 0 radical (unpaired) electrons. The average Bonchev–Trinajstić information content (AvgIpc) is 2.91. The molecule has 108 valence electrons. The fourth-order valence-corrected chi connectivity index (χ4v) is 3.81. The lowest BCUT2D eigenvalue weighted by Gasteiger charge is -2.41. The highest BCUT2D eigenvalue weighted by Gasteiger charge is 2.37. The number of carbonyl (C=O) groups excluding carboxylic acids is 1. The third-order valence-electron chi connectivity index (χ3n) is 5.33. The Balaban J connectivity index is 1.45. The number of nitrogens with two attached hydrogens (primary N) is 1. The molecule has 19 heavy (non-hydrogen) atoms. The summed E-state index contributed by atoms with van der Waals surface area (Å²) in [5.74, 6) is 0.294. The van der Waals surface area contributed by atoms with Crippen LogP contribution in [-0.4, -0.2) is 53.5 Å². The van der Waals surface area contributed by atoms with Gasteiger partial charge in [-0.2, -0.15) is 0 Å². The van der Waals surface area contributed by atoms with Crippen molar-refractivity contribution in [2.24, 2.45) is 5.73 Å². The largest absolute Gasteiger partial charge is 0.343 e. The number of carbonyl (C=O) groups is 1. The molecule has 3 fully saturated rings. The smallest absolute Gasteiger partial charge is 0.224 e. The van der Waals surface area contributed by atoms with Crippen LogP contribution in [0.15, 0.2) is 0 Å². The summed E-state index contributed by atoms with van der Waals surface area (Å²) in [5.41, 5.74) is 6.02. The van der Waals surface area contributed by atoms with Gasteiger partial charge in [0.25, 0.3) is 0 Å². The number of likely N-dealkylation sites (tertiary alicyclic amines) is 2. The lowest BCUT2D eigenvalue weighted by molar-refractivity contribution is -0.134. The van der Waals surface area contributed by atoms with E-state index < -0.39 is 0 Å². The molecule has 2 aliphatic heterocycles. The number of hydrogen-bond acceptors (Lipinski definition) is 3. The SMILES string of the molecule is NC1(CC(=O)N2CCC(N3CCCC3)CC2)CCC1. The van der Waals surface area contributed by atoms with Crippen LogP contribution in [0, 0.1) is 0 Å². The first-order valence-electron chi connectivity index (χ1n) is 7.97. The van der Waals surface area contributed by atoms with Crippen LogP contribution < -0.4 is 5.73 Å². The van der Waals surface area contributed by atoms with Gasteiger partial charge < -0.3 is 15.5 Å². The molecule has 0 aromatic rings. The van der Waals surface area contributed by atoms with Crippen molar-refractivity contribution in [1.82, 2.24) is 9.80 Å². The molecule has 0 atom stereocenters. The fraction of sp³-hybridized carbons (Fsp3) is 0.933. The highest BCUT2D eigenvalue weighted by molar-refractivity contribution is 5.77. The monoisotopic (exact) mass is 265 g/mol. The summed E-state index contributed by atoms with van der Waals surface area (Å²) < 4.78 is 0. The summed E-state index contributed by atoms with van der Waals surface area (Å²) in [7, 11) is 0. The van der Waals surface area contributed by atoms with Gasteiger partial charge in [-0.15, -0.1) is 0 Å². The maximum absolute atomic E-state index is 12.3. The van der Waals surface area contributed by atoms with Gasteiger partial charge in [0.05, 0.1) is 0 Å². The zero-order valence-corrected chi connectivity index (χ0v) is 11.9. The van der Waals surface area contributed by atoms with Crippen molar-refractivity contribution in [3.8, 4) is 0 Å². The second-order valence-electron chi connectivity index (χ2n) is 6.75. The first-order valence-corrected chi connectivity index (χ1v) is 7.97. The predicted molar refractivity (Wildman–Crippen MR) is 75.8 cm³/mol. The first kappa shape index (κ1) is 13.4. The van der Waals surface area contributed by atoms with Gasteiger partial charge in [-0.3, -0.25) is 4.79 Å². The molecular weight excluding hydrogens is 238 g/mol. The molecule has 0 aromatic heterocycles. The number of rotatable bonds is 3. The molecule has 3 rings (SSSR count). The Morgan fingerprint density at radius 2 is 1.68 bits per heavy atom. The second-order valence-corrected chi connectivity index (χ2v) is 6.75. The van der Waals surface area contributed by atoms with Crippen molar-refractivity contribution in [2.45, 2.75) is 62.9 Å². The minimum Gasteiger partial charge on any atom is -0.343 e. The molecule has 0 spiro atoms. The van der Waals surface area contributed by atoms with Gasteiger partial charge in [-0.25, -0.2) is 0 Å². The standard InChI is InChI=1S/C15H27N3O/c16-15(6-3-7-15)12-14(19)18-10-4-13(5-11-18)17-8-1-2-9-17/h13H,1-12,16H2. The number of piperidine rings is 1. The number of hydrogen-bond donors (Lipinski definition) is 1. The van der Waals surface area contributed by atoms with E-state index >= 15 is 0 Å². The van der Waals surface area contributed by atoms with Gasteiger partial charge in [0.15, 0.2) is 0 Å². The molecule has 4 nitrogen and oxygen atoms in total. The van der Waals surface area contributed by atoms with Crippen LogP contribution in [0.1, 0.15) is 51.4 Å². The molecule has 2 N–H and O–H groups in total. The van der Waals surface area contributed by atoms with E-state index in [-0.39, 0.29) is 5.54 Å². The Kier molecular flexibility index (Phi) is 3.81. The molecule has 0 bridgehead atoms. The third kappa shape index (κ3) is 2.95. The van der Waals surface area contributed by atoms with Crippen molar-refractivity contribution < 1.29 is 4.79 Å². The molecule has 2 heterocycles. The van der Waals surface area contributed by atoms with E-state index in [4.69, 9.17) is 5.73 Å². The van der Waals surface area contributed by atoms with Gasteiger partial charge in [-0.1, -0.05) is 0 Å². The summed E-state index contributed by atoms with van der Waals surface area (Å²) >= 11 is 0. The normalized spacial score (nSPS) is 28.4. The van der Waals surface area contributed by atoms with E-state index in [2.05, 4.69) is 9.80 Å². The number of amides is 1. The molecular formula is C15H27N3O. The highest BCUT2D eigenvalue weighted by Crippen LogP contribution is 2.33. The zero-order chi connectivity index (χ0) is 13.3. The van der Waals surface area contributed by atoms with Gasteiger partial charge in [0, 0.05) is 31.1 Å². The molecule has 0 aromatic carbocycles. The second kappa shape index (κ2) is 5.41. The van der Waals surface area contributed by atoms with E-state index in [1.165, 1.54) is 32.4 Å². The Labute approximate surface area is 116 Å². The van der Waals surface area contributed by atoms with Gasteiger partial charge in [0.1, 0.15) is 0 Å². The Morgan fingerprint density at radius 1 is 1.05 bits per heavy atom. The predicted octanol–water partition coefficient (Wildman–Crippen LogP) is 1.34. The van der Waals surface area contributed by atoms with E-state index in [0.29, 0.717) is 12.3 Å².